The number of aryl methyl sites for hydroxylation is 1. The maximum absolute atomic E-state index is 5.55. The van der Waals surface area contributed by atoms with Crippen LogP contribution in [0.15, 0.2) is 23.3 Å². The molecule has 1 aromatic carbocycles. The lowest BCUT2D eigenvalue weighted by Gasteiger charge is -1.99. The highest BCUT2D eigenvalue weighted by molar-refractivity contribution is 5.82. The molecule has 0 saturated carbocycles. The van der Waals surface area contributed by atoms with Crippen molar-refractivity contribution in [2.75, 3.05) is 5.73 Å². The summed E-state index contributed by atoms with van der Waals surface area (Å²) >= 11 is 0. The van der Waals surface area contributed by atoms with Crippen LogP contribution in [0.4, 0.5) is 5.69 Å². The van der Waals surface area contributed by atoms with E-state index in [0.717, 1.165) is 16.8 Å². The minimum atomic E-state index is 0.761. The highest BCUT2D eigenvalue weighted by atomic mass is 15.1. The fourth-order valence-corrected chi connectivity index (χ4v) is 0.924. The molecule has 58 valence electrons. The third-order valence-electron chi connectivity index (χ3n) is 1.51. The van der Waals surface area contributed by atoms with Gasteiger partial charge in [-0.3, -0.25) is 0 Å². The highest BCUT2D eigenvalue weighted by Crippen LogP contribution is 2.09. The molecule has 0 saturated heterocycles. The molecule has 0 spiro atoms. The summed E-state index contributed by atoms with van der Waals surface area (Å²) in [5, 5.41) is 3.43. The molecule has 0 bridgehead atoms. The molecule has 1 aromatic rings. The molecule has 0 atom stereocenters. The summed E-state index contributed by atoms with van der Waals surface area (Å²) in [6, 6.07) is 5.60. The van der Waals surface area contributed by atoms with Gasteiger partial charge in [0, 0.05) is 5.69 Å². The Hall–Kier alpha value is -1.51. The number of nitrogens with two attached hydrogens (primary N) is 2. The van der Waals surface area contributed by atoms with E-state index >= 15 is 0 Å². The summed E-state index contributed by atoms with van der Waals surface area (Å²) in [6.45, 7) is 1.97. The van der Waals surface area contributed by atoms with Crippen molar-refractivity contribution >= 4 is 11.9 Å². The molecule has 0 aromatic heterocycles. The van der Waals surface area contributed by atoms with E-state index in [1.165, 1.54) is 0 Å². The van der Waals surface area contributed by atoms with Crippen molar-refractivity contribution in [3.63, 3.8) is 0 Å². The van der Waals surface area contributed by atoms with E-state index in [9.17, 15) is 0 Å². The largest absolute Gasteiger partial charge is 0.399 e. The standard InChI is InChI=1S/C8H11N3/c1-6-4-8(9)3-2-7(6)5-11-10/h2-5H,9-10H2,1H3/b11-5-. The Morgan fingerprint density at radius 3 is 2.73 bits per heavy atom. The van der Waals surface area contributed by atoms with Crippen molar-refractivity contribution in [3.8, 4) is 0 Å². The summed E-state index contributed by atoms with van der Waals surface area (Å²) in [7, 11) is 0. The Morgan fingerprint density at radius 2 is 2.18 bits per heavy atom. The van der Waals surface area contributed by atoms with Gasteiger partial charge in [0.05, 0.1) is 6.21 Å². The summed E-state index contributed by atoms with van der Waals surface area (Å²) in [5.41, 5.74) is 8.39. The molecule has 3 heteroatoms. The fraction of sp³-hybridized carbons (Fsp3) is 0.125. The van der Waals surface area contributed by atoms with E-state index in [-0.39, 0.29) is 0 Å². The zero-order valence-corrected chi connectivity index (χ0v) is 6.41. The van der Waals surface area contributed by atoms with E-state index in [0.29, 0.717) is 0 Å². The third kappa shape index (κ3) is 1.70. The number of anilines is 1. The van der Waals surface area contributed by atoms with Crippen LogP contribution >= 0.6 is 0 Å². The molecule has 0 heterocycles. The van der Waals surface area contributed by atoms with Gasteiger partial charge in [-0.05, 0) is 30.2 Å². The monoisotopic (exact) mass is 149 g/mol. The van der Waals surface area contributed by atoms with Gasteiger partial charge in [-0.25, -0.2) is 0 Å². The van der Waals surface area contributed by atoms with Crippen LogP contribution in [0.25, 0.3) is 0 Å². The van der Waals surface area contributed by atoms with Crippen molar-refractivity contribution in [2.45, 2.75) is 6.92 Å². The maximum Gasteiger partial charge on any atom is 0.0540 e. The predicted molar refractivity (Wildman–Crippen MR) is 47.4 cm³/mol. The molecule has 11 heavy (non-hydrogen) atoms. The molecule has 0 amide bonds. The van der Waals surface area contributed by atoms with E-state index in [4.69, 9.17) is 11.6 Å². The van der Waals surface area contributed by atoms with Crippen LogP contribution in [0.2, 0.25) is 0 Å². The van der Waals surface area contributed by atoms with E-state index in [1.54, 1.807) is 6.21 Å². The second kappa shape index (κ2) is 3.05. The summed E-state index contributed by atoms with van der Waals surface area (Å²) in [5.74, 6) is 5.01. The van der Waals surface area contributed by atoms with Crippen LogP contribution in [0.1, 0.15) is 11.1 Å². The Kier molecular flexibility index (Phi) is 2.11. The second-order valence-corrected chi connectivity index (χ2v) is 2.39. The number of hydrogen-bond donors (Lipinski definition) is 2. The van der Waals surface area contributed by atoms with Crippen LogP contribution in [-0.2, 0) is 0 Å². The Balaban J connectivity index is 3.09. The van der Waals surface area contributed by atoms with Gasteiger partial charge in [-0.1, -0.05) is 6.07 Å². The average Bonchev–Trinajstić information content (AvgIpc) is 1.95. The van der Waals surface area contributed by atoms with Crippen LogP contribution in [-0.4, -0.2) is 6.21 Å². The SMILES string of the molecule is Cc1cc(N)ccc1/C=N\N. The van der Waals surface area contributed by atoms with Gasteiger partial charge in [-0.2, -0.15) is 5.10 Å². The summed E-state index contributed by atoms with van der Waals surface area (Å²) in [4.78, 5) is 0. The van der Waals surface area contributed by atoms with Crippen molar-refractivity contribution in [1.29, 1.82) is 0 Å². The first-order chi connectivity index (χ1) is 5.24. The van der Waals surface area contributed by atoms with Gasteiger partial charge in [0.1, 0.15) is 0 Å². The quantitative estimate of drug-likeness (QED) is 0.269. The molecular weight excluding hydrogens is 138 g/mol. The first-order valence-corrected chi connectivity index (χ1v) is 3.33. The van der Waals surface area contributed by atoms with Gasteiger partial charge in [0.15, 0.2) is 0 Å². The minimum Gasteiger partial charge on any atom is -0.399 e. The molecule has 3 nitrogen and oxygen atoms in total. The molecule has 0 aliphatic rings. The zero-order chi connectivity index (χ0) is 8.27. The molecule has 1 rings (SSSR count). The molecular formula is C8H11N3. The molecule has 4 N–H and O–H groups in total. The lowest BCUT2D eigenvalue weighted by molar-refractivity contribution is 1.26. The Labute approximate surface area is 65.7 Å². The van der Waals surface area contributed by atoms with Gasteiger partial charge in [0.25, 0.3) is 0 Å². The van der Waals surface area contributed by atoms with E-state index in [1.807, 2.05) is 25.1 Å². The van der Waals surface area contributed by atoms with Crippen LogP contribution in [0.5, 0.6) is 0 Å². The Morgan fingerprint density at radius 1 is 1.45 bits per heavy atom. The van der Waals surface area contributed by atoms with Crippen molar-refractivity contribution in [2.24, 2.45) is 10.9 Å². The van der Waals surface area contributed by atoms with Crippen molar-refractivity contribution in [3.05, 3.63) is 29.3 Å². The van der Waals surface area contributed by atoms with E-state index < -0.39 is 0 Å². The molecule has 0 unspecified atom stereocenters. The summed E-state index contributed by atoms with van der Waals surface area (Å²) in [6.07, 6.45) is 1.61. The van der Waals surface area contributed by atoms with Crippen molar-refractivity contribution < 1.29 is 0 Å². The smallest absolute Gasteiger partial charge is 0.0540 e. The molecule has 0 aliphatic carbocycles. The number of benzene rings is 1. The number of nitrogens with zero attached hydrogens (tertiary/aromatic N) is 1. The third-order valence-corrected chi connectivity index (χ3v) is 1.51. The number of rotatable bonds is 1. The van der Waals surface area contributed by atoms with Gasteiger partial charge in [-0.15, -0.1) is 0 Å². The van der Waals surface area contributed by atoms with Crippen LogP contribution in [0, 0.1) is 6.92 Å². The lowest BCUT2D eigenvalue weighted by Crippen LogP contribution is -1.92. The normalized spacial score (nSPS) is 10.6. The lowest BCUT2D eigenvalue weighted by atomic mass is 10.1. The molecule has 0 radical (unpaired) electrons. The molecule has 0 fully saturated rings. The first kappa shape index (κ1) is 7.60. The van der Waals surface area contributed by atoms with Gasteiger partial charge in [0.2, 0.25) is 0 Å². The number of hydrazone groups is 1. The van der Waals surface area contributed by atoms with Crippen LogP contribution in [0.3, 0.4) is 0 Å². The molecule has 0 aliphatic heterocycles. The van der Waals surface area contributed by atoms with Gasteiger partial charge < -0.3 is 11.6 Å². The minimum absolute atomic E-state index is 0.761. The van der Waals surface area contributed by atoms with Crippen LogP contribution < -0.4 is 11.6 Å². The zero-order valence-electron chi connectivity index (χ0n) is 6.41. The topological polar surface area (TPSA) is 64.4 Å². The Bertz CT molecular complexity index is 279. The van der Waals surface area contributed by atoms with Crippen molar-refractivity contribution in [1.82, 2.24) is 0 Å². The fourth-order valence-electron chi connectivity index (χ4n) is 0.924. The first-order valence-electron chi connectivity index (χ1n) is 3.33. The average molecular weight is 149 g/mol. The number of nitrogen functional groups attached to an aromatic ring is 1. The summed E-state index contributed by atoms with van der Waals surface area (Å²) < 4.78 is 0. The number of hydrogen-bond acceptors (Lipinski definition) is 3. The maximum atomic E-state index is 5.55. The predicted octanol–water partition coefficient (Wildman–Crippen LogP) is 0.870. The van der Waals surface area contributed by atoms with E-state index in [2.05, 4.69) is 5.10 Å². The van der Waals surface area contributed by atoms with Gasteiger partial charge >= 0.3 is 0 Å². The highest BCUT2D eigenvalue weighted by Gasteiger charge is 1.93. The second-order valence-electron chi connectivity index (χ2n) is 2.39.